The highest BCUT2D eigenvalue weighted by molar-refractivity contribution is 5.92. The van der Waals surface area contributed by atoms with Gasteiger partial charge in [-0.1, -0.05) is 37.3 Å². The summed E-state index contributed by atoms with van der Waals surface area (Å²) in [5, 5.41) is 3.56. The molecule has 1 saturated carbocycles. The SMILES string of the molecule is CCN(C)CCN1C(=O)C2(CC2)NC1c1ccccc1. The maximum atomic E-state index is 12.6. The third-order valence-corrected chi connectivity index (χ3v) is 4.52. The molecule has 1 aliphatic carbocycles. The Kier molecular flexibility index (Phi) is 3.52. The molecule has 1 aromatic carbocycles. The first-order valence-corrected chi connectivity index (χ1v) is 7.48. The summed E-state index contributed by atoms with van der Waals surface area (Å²) < 4.78 is 0. The van der Waals surface area contributed by atoms with Gasteiger partial charge in [-0.25, -0.2) is 0 Å². The molecule has 4 nitrogen and oxygen atoms in total. The maximum absolute atomic E-state index is 12.6. The van der Waals surface area contributed by atoms with Crippen molar-refractivity contribution in [1.82, 2.24) is 15.1 Å². The molecule has 3 rings (SSSR count). The molecule has 108 valence electrons. The molecule has 1 aromatic rings. The molecule has 0 bridgehead atoms. The number of hydrogen-bond donors (Lipinski definition) is 1. The summed E-state index contributed by atoms with van der Waals surface area (Å²) in [6.45, 7) is 4.86. The van der Waals surface area contributed by atoms with Crippen LogP contribution in [0.25, 0.3) is 0 Å². The van der Waals surface area contributed by atoms with Crippen LogP contribution in [0.5, 0.6) is 0 Å². The van der Waals surface area contributed by atoms with Gasteiger partial charge in [0.25, 0.3) is 0 Å². The van der Waals surface area contributed by atoms with Crippen LogP contribution in [0, 0.1) is 0 Å². The van der Waals surface area contributed by atoms with Gasteiger partial charge in [-0.2, -0.15) is 0 Å². The van der Waals surface area contributed by atoms with Gasteiger partial charge in [-0.3, -0.25) is 10.1 Å². The van der Waals surface area contributed by atoms with E-state index in [2.05, 4.69) is 36.3 Å². The summed E-state index contributed by atoms with van der Waals surface area (Å²) >= 11 is 0. The first kappa shape index (κ1) is 13.6. The van der Waals surface area contributed by atoms with Crippen LogP contribution in [-0.4, -0.2) is 47.9 Å². The molecule has 1 spiro atoms. The Bertz CT molecular complexity index is 484. The molecule has 1 atom stereocenters. The van der Waals surface area contributed by atoms with Gasteiger partial charge in [0.1, 0.15) is 11.7 Å². The van der Waals surface area contributed by atoms with Crippen molar-refractivity contribution in [2.24, 2.45) is 0 Å². The topological polar surface area (TPSA) is 35.6 Å². The van der Waals surface area contributed by atoms with Gasteiger partial charge in [0.15, 0.2) is 0 Å². The van der Waals surface area contributed by atoms with Crippen LogP contribution in [0.2, 0.25) is 0 Å². The summed E-state index contributed by atoms with van der Waals surface area (Å²) in [7, 11) is 2.10. The van der Waals surface area contributed by atoms with Crippen LogP contribution in [0.3, 0.4) is 0 Å². The van der Waals surface area contributed by atoms with Gasteiger partial charge in [-0.05, 0) is 32.0 Å². The summed E-state index contributed by atoms with van der Waals surface area (Å²) in [5.74, 6) is 0.288. The molecule has 20 heavy (non-hydrogen) atoms. The Balaban J connectivity index is 1.78. The monoisotopic (exact) mass is 273 g/mol. The third-order valence-electron chi connectivity index (χ3n) is 4.52. The number of benzene rings is 1. The zero-order valence-corrected chi connectivity index (χ0v) is 12.3. The number of amides is 1. The molecule has 0 radical (unpaired) electrons. The van der Waals surface area contributed by atoms with Crippen LogP contribution >= 0.6 is 0 Å². The van der Waals surface area contributed by atoms with Crippen molar-refractivity contribution in [3.63, 3.8) is 0 Å². The van der Waals surface area contributed by atoms with Crippen LogP contribution in [0.4, 0.5) is 0 Å². The van der Waals surface area contributed by atoms with Gasteiger partial charge in [0.05, 0.1) is 0 Å². The van der Waals surface area contributed by atoms with Gasteiger partial charge in [0.2, 0.25) is 5.91 Å². The third kappa shape index (κ3) is 2.34. The van der Waals surface area contributed by atoms with Crippen molar-refractivity contribution < 1.29 is 4.79 Å². The smallest absolute Gasteiger partial charge is 0.244 e. The Morgan fingerprint density at radius 1 is 1.35 bits per heavy atom. The number of nitrogens with zero attached hydrogens (tertiary/aromatic N) is 2. The van der Waals surface area contributed by atoms with Crippen molar-refractivity contribution in [2.75, 3.05) is 26.7 Å². The molecule has 0 aromatic heterocycles. The van der Waals surface area contributed by atoms with E-state index in [0.29, 0.717) is 0 Å². The summed E-state index contributed by atoms with van der Waals surface area (Å²) in [6, 6.07) is 10.3. The van der Waals surface area contributed by atoms with Gasteiger partial charge in [0, 0.05) is 13.1 Å². The van der Waals surface area contributed by atoms with Crippen molar-refractivity contribution in [1.29, 1.82) is 0 Å². The lowest BCUT2D eigenvalue weighted by Gasteiger charge is -2.26. The second-order valence-electron chi connectivity index (χ2n) is 5.93. The van der Waals surface area contributed by atoms with E-state index in [0.717, 1.165) is 32.5 Å². The van der Waals surface area contributed by atoms with Crippen LogP contribution < -0.4 is 5.32 Å². The Labute approximate surface area is 120 Å². The summed E-state index contributed by atoms with van der Waals surface area (Å²) in [5.41, 5.74) is 0.939. The minimum atomic E-state index is -0.245. The predicted molar refractivity (Wildman–Crippen MR) is 79.2 cm³/mol. The van der Waals surface area contributed by atoms with E-state index < -0.39 is 0 Å². The molecule has 4 heteroatoms. The van der Waals surface area contributed by atoms with Gasteiger partial charge in [-0.15, -0.1) is 0 Å². The number of hydrogen-bond acceptors (Lipinski definition) is 3. The number of nitrogens with one attached hydrogen (secondary N) is 1. The fourth-order valence-corrected chi connectivity index (χ4v) is 2.84. The van der Waals surface area contributed by atoms with Crippen molar-refractivity contribution in [3.8, 4) is 0 Å². The average Bonchev–Trinajstić information content (AvgIpc) is 3.21. The van der Waals surface area contributed by atoms with E-state index in [1.807, 2.05) is 23.1 Å². The van der Waals surface area contributed by atoms with Gasteiger partial charge >= 0.3 is 0 Å². The lowest BCUT2D eigenvalue weighted by Crippen LogP contribution is -2.37. The molecule has 1 saturated heterocycles. The van der Waals surface area contributed by atoms with E-state index in [1.54, 1.807) is 0 Å². The minimum Gasteiger partial charge on any atom is -0.320 e. The minimum absolute atomic E-state index is 0.0384. The molecule has 1 unspecified atom stereocenters. The fourth-order valence-electron chi connectivity index (χ4n) is 2.84. The van der Waals surface area contributed by atoms with Crippen molar-refractivity contribution in [2.45, 2.75) is 31.5 Å². The van der Waals surface area contributed by atoms with Crippen LogP contribution in [0.1, 0.15) is 31.5 Å². The largest absolute Gasteiger partial charge is 0.320 e. The number of likely N-dealkylation sites (N-methyl/N-ethyl adjacent to an activating group) is 1. The second kappa shape index (κ2) is 5.19. The molecular formula is C16H23N3O. The van der Waals surface area contributed by atoms with E-state index in [4.69, 9.17) is 0 Å². The first-order chi connectivity index (χ1) is 9.66. The number of carbonyl (C=O) groups is 1. The number of carbonyl (C=O) groups excluding carboxylic acids is 1. The van der Waals surface area contributed by atoms with Crippen LogP contribution in [-0.2, 0) is 4.79 Å². The van der Waals surface area contributed by atoms with Gasteiger partial charge < -0.3 is 9.80 Å². The van der Waals surface area contributed by atoms with Crippen molar-refractivity contribution in [3.05, 3.63) is 35.9 Å². The Morgan fingerprint density at radius 2 is 2.05 bits per heavy atom. The van der Waals surface area contributed by atoms with E-state index in [-0.39, 0.29) is 17.6 Å². The molecular weight excluding hydrogens is 250 g/mol. The van der Waals surface area contributed by atoms with Crippen molar-refractivity contribution >= 4 is 5.91 Å². The molecule has 1 heterocycles. The van der Waals surface area contributed by atoms with Crippen LogP contribution in [0.15, 0.2) is 30.3 Å². The molecule has 1 amide bonds. The molecule has 1 N–H and O–H groups in total. The zero-order valence-electron chi connectivity index (χ0n) is 12.3. The second-order valence-corrected chi connectivity index (χ2v) is 5.93. The fraction of sp³-hybridized carbons (Fsp3) is 0.562. The normalized spacial score (nSPS) is 23.9. The molecule has 1 aliphatic heterocycles. The van der Waals surface area contributed by atoms with E-state index in [9.17, 15) is 4.79 Å². The lowest BCUT2D eigenvalue weighted by molar-refractivity contribution is -0.131. The molecule has 2 fully saturated rings. The summed E-state index contributed by atoms with van der Waals surface area (Å²) in [6.07, 6.45) is 2.00. The lowest BCUT2D eigenvalue weighted by atomic mass is 10.1. The Hall–Kier alpha value is -1.39. The average molecular weight is 273 g/mol. The van der Waals surface area contributed by atoms with E-state index >= 15 is 0 Å². The first-order valence-electron chi connectivity index (χ1n) is 7.48. The zero-order chi connectivity index (χ0) is 14.2. The predicted octanol–water partition coefficient (Wildman–Crippen LogP) is 1.60. The number of rotatable bonds is 5. The Morgan fingerprint density at radius 3 is 2.65 bits per heavy atom. The highest BCUT2D eigenvalue weighted by Crippen LogP contribution is 2.45. The maximum Gasteiger partial charge on any atom is 0.244 e. The summed E-state index contributed by atoms with van der Waals surface area (Å²) in [4.78, 5) is 16.9. The quantitative estimate of drug-likeness (QED) is 0.885. The highest BCUT2D eigenvalue weighted by atomic mass is 16.2. The highest BCUT2D eigenvalue weighted by Gasteiger charge is 2.59. The van der Waals surface area contributed by atoms with E-state index in [1.165, 1.54) is 5.56 Å². The standard InChI is InChI=1S/C16H23N3O/c1-3-18(2)11-12-19-14(13-7-5-4-6-8-13)17-16(9-10-16)15(19)20/h4-8,14,17H,3,9-12H2,1-2H3. The molecule has 2 aliphatic rings.